The molecule has 118 valence electrons. The molecule has 2 aromatic rings. The van der Waals surface area contributed by atoms with Gasteiger partial charge in [-0.3, -0.25) is 0 Å². The number of nitrogens with one attached hydrogen (secondary N) is 1. The second kappa shape index (κ2) is 6.14. The van der Waals surface area contributed by atoms with E-state index in [1.807, 2.05) is 12.1 Å². The Labute approximate surface area is 133 Å². The van der Waals surface area contributed by atoms with E-state index in [0.717, 1.165) is 5.39 Å². The number of aliphatic hydroxyl groups excluding tert-OH is 1. The Hall–Kier alpha value is -1.18. The Kier molecular flexibility index (Phi) is 4.38. The highest BCUT2D eigenvalue weighted by molar-refractivity contribution is 7.89. The van der Waals surface area contributed by atoms with Crippen LogP contribution >= 0.6 is 11.6 Å². The van der Waals surface area contributed by atoms with Gasteiger partial charge in [0.2, 0.25) is 10.0 Å². The third-order valence-electron chi connectivity index (χ3n) is 3.74. The van der Waals surface area contributed by atoms with Gasteiger partial charge in [-0.2, -0.15) is 0 Å². The second-order valence-electron chi connectivity index (χ2n) is 5.25. The lowest BCUT2D eigenvalue weighted by atomic mass is 10.1. The maximum atomic E-state index is 12.7. The van der Waals surface area contributed by atoms with Crippen molar-refractivity contribution in [2.24, 2.45) is 0 Å². The number of ether oxygens (including phenoxy) is 1. The minimum Gasteiger partial charge on any atom is -0.389 e. The van der Waals surface area contributed by atoms with Crippen molar-refractivity contribution in [1.29, 1.82) is 0 Å². The summed E-state index contributed by atoms with van der Waals surface area (Å²) in [5.74, 6) is 0. The first-order chi connectivity index (χ1) is 10.5. The van der Waals surface area contributed by atoms with E-state index in [1.165, 1.54) is 6.07 Å². The molecule has 22 heavy (non-hydrogen) atoms. The zero-order valence-corrected chi connectivity index (χ0v) is 13.3. The minimum atomic E-state index is -3.79. The molecule has 2 N–H and O–H groups in total. The highest BCUT2D eigenvalue weighted by atomic mass is 35.5. The van der Waals surface area contributed by atoms with Gasteiger partial charge in [-0.15, -0.1) is 0 Å². The second-order valence-corrected chi connectivity index (χ2v) is 7.34. The fourth-order valence-corrected chi connectivity index (χ4v) is 4.50. The lowest BCUT2D eigenvalue weighted by Gasteiger charge is -2.28. The van der Waals surface area contributed by atoms with Gasteiger partial charge < -0.3 is 9.84 Å². The SMILES string of the molecule is O=S(=O)(N[C@@H]1CCOC[C@H]1O)c1cccc2cccc(Cl)c12. The number of hydrogen-bond acceptors (Lipinski definition) is 4. The van der Waals surface area contributed by atoms with Crippen molar-refractivity contribution >= 4 is 32.4 Å². The number of hydrogen-bond donors (Lipinski definition) is 2. The van der Waals surface area contributed by atoms with Crippen LogP contribution < -0.4 is 4.72 Å². The van der Waals surface area contributed by atoms with Gasteiger partial charge in [-0.1, -0.05) is 35.9 Å². The van der Waals surface area contributed by atoms with E-state index in [0.29, 0.717) is 23.4 Å². The van der Waals surface area contributed by atoms with Gasteiger partial charge in [0.1, 0.15) is 0 Å². The summed E-state index contributed by atoms with van der Waals surface area (Å²) in [6, 6.07) is 9.68. The molecule has 0 spiro atoms. The third kappa shape index (κ3) is 2.98. The average molecular weight is 342 g/mol. The van der Waals surface area contributed by atoms with Gasteiger partial charge >= 0.3 is 0 Å². The quantitative estimate of drug-likeness (QED) is 0.894. The van der Waals surface area contributed by atoms with Crippen molar-refractivity contribution in [1.82, 2.24) is 4.72 Å². The molecular formula is C15H16ClNO4S. The van der Waals surface area contributed by atoms with E-state index in [4.69, 9.17) is 16.3 Å². The molecule has 0 saturated carbocycles. The van der Waals surface area contributed by atoms with E-state index in [-0.39, 0.29) is 11.5 Å². The van der Waals surface area contributed by atoms with Gasteiger partial charge in [-0.05, 0) is 23.9 Å². The summed E-state index contributed by atoms with van der Waals surface area (Å²) in [5, 5.41) is 11.5. The molecule has 0 radical (unpaired) electrons. The monoisotopic (exact) mass is 341 g/mol. The molecule has 5 nitrogen and oxygen atoms in total. The number of benzene rings is 2. The lowest BCUT2D eigenvalue weighted by molar-refractivity contribution is -0.0222. The zero-order valence-electron chi connectivity index (χ0n) is 11.7. The first-order valence-electron chi connectivity index (χ1n) is 6.94. The van der Waals surface area contributed by atoms with Crippen molar-refractivity contribution in [2.75, 3.05) is 13.2 Å². The molecule has 1 aliphatic heterocycles. The van der Waals surface area contributed by atoms with Crippen molar-refractivity contribution in [3.8, 4) is 0 Å². The summed E-state index contributed by atoms with van der Waals surface area (Å²) in [6.45, 7) is 0.546. The Morgan fingerprint density at radius 2 is 1.95 bits per heavy atom. The van der Waals surface area contributed by atoms with Crippen LogP contribution in [0.3, 0.4) is 0 Å². The van der Waals surface area contributed by atoms with Crippen LogP contribution in [0.1, 0.15) is 6.42 Å². The predicted octanol–water partition coefficient (Wildman–Crippen LogP) is 1.92. The van der Waals surface area contributed by atoms with Crippen molar-refractivity contribution < 1.29 is 18.3 Å². The van der Waals surface area contributed by atoms with Crippen LogP contribution in [0.25, 0.3) is 10.8 Å². The number of rotatable bonds is 3. The maximum absolute atomic E-state index is 12.7. The molecule has 3 rings (SSSR count). The van der Waals surface area contributed by atoms with Crippen LogP contribution in [-0.4, -0.2) is 38.9 Å². The molecule has 1 heterocycles. The van der Waals surface area contributed by atoms with Gasteiger partial charge in [-0.25, -0.2) is 13.1 Å². The molecule has 0 bridgehead atoms. The van der Waals surface area contributed by atoms with Crippen LogP contribution in [0.15, 0.2) is 41.3 Å². The van der Waals surface area contributed by atoms with Crippen LogP contribution in [0.2, 0.25) is 5.02 Å². The summed E-state index contributed by atoms with van der Waals surface area (Å²) in [6.07, 6.45) is -0.423. The summed E-state index contributed by atoms with van der Waals surface area (Å²) in [4.78, 5) is 0.120. The van der Waals surface area contributed by atoms with Crippen LogP contribution in [0, 0.1) is 0 Å². The van der Waals surface area contributed by atoms with Crippen molar-refractivity contribution in [3.05, 3.63) is 41.4 Å². The smallest absolute Gasteiger partial charge is 0.241 e. The Bertz CT molecular complexity index is 788. The zero-order chi connectivity index (χ0) is 15.7. The van der Waals surface area contributed by atoms with Crippen LogP contribution in [-0.2, 0) is 14.8 Å². The minimum absolute atomic E-state index is 0.120. The molecule has 0 aliphatic carbocycles. The first-order valence-corrected chi connectivity index (χ1v) is 8.80. The molecule has 1 fully saturated rings. The van der Waals surface area contributed by atoms with E-state index in [2.05, 4.69) is 4.72 Å². The Balaban J connectivity index is 2.02. The number of aliphatic hydroxyl groups is 1. The molecule has 0 amide bonds. The summed E-state index contributed by atoms with van der Waals surface area (Å²) >= 11 is 6.18. The molecule has 1 aliphatic rings. The highest BCUT2D eigenvalue weighted by Gasteiger charge is 2.29. The summed E-state index contributed by atoms with van der Waals surface area (Å²) < 4.78 is 33.1. The number of halogens is 1. The van der Waals surface area contributed by atoms with Crippen molar-refractivity contribution in [2.45, 2.75) is 23.5 Å². The van der Waals surface area contributed by atoms with Gasteiger partial charge in [0, 0.05) is 17.0 Å². The molecule has 2 aromatic carbocycles. The Morgan fingerprint density at radius 3 is 2.68 bits per heavy atom. The predicted molar refractivity (Wildman–Crippen MR) is 84.5 cm³/mol. The molecule has 1 saturated heterocycles. The van der Waals surface area contributed by atoms with Gasteiger partial charge in [0.25, 0.3) is 0 Å². The van der Waals surface area contributed by atoms with E-state index in [1.54, 1.807) is 18.2 Å². The summed E-state index contributed by atoms with van der Waals surface area (Å²) in [5.41, 5.74) is 0. The molecule has 0 unspecified atom stereocenters. The standard InChI is InChI=1S/C15H16ClNO4S/c16-11-5-1-3-10-4-2-6-14(15(10)11)22(19,20)17-12-7-8-21-9-13(12)18/h1-6,12-13,17-18H,7-9H2/t12-,13-/m1/s1. The topological polar surface area (TPSA) is 75.6 Å². The van der Waals surface area contributed by atoms with E-state index in [9.17, 15) is 13.5 Å². The maximum Gasteiger partial charge on any atom is 0.241 e. The fourth-order valence-electron chi connectivity index (χ4n) is 2.61. The normalized spacial score (nSPS) is 22.8. The van der Waals surface area contributed by atoms with Crippen LogP contribution in [0.4, 0.5) is 0 Å². The molecule has 2 atom stereocenters. The van der Waals surface area contributed by atoms with Gasteiger partial charge in [0.05, 0.1) is 23.6 Å². The third-order valence-corrected chi connectivity index (χ3v) is 5.59. The number of fused-ring (bicyclic) bond motifs is 1. The Morgan fingerprint density at radius 1 is 1.23 bits per heavy atom. The first kappa shape index (κ1) is 15.7. The fraction of sp³-hybridized carbons (Fsp3) is 0.333. The summed E-state index contributed by atoms with van der Waals surface area (Å²) in [7, 11) is -3.79. The number of sulfonamides is 1. The van der Waals surface area contributed by atoms with E-state index >= 15 is 0 Å². The highest BCUT2D eigenvalue weighted by Crippen LogP contribution is 2.30. The molecular weight excluding hydrogens is 326 g/mol. The van der Waals surface area contributed by atoms with E-state index < -0.39 is 22.2 Å². The average Bonchev–Trinajstić information content (AvgIpc) is 2.49. The molecule has 7 heteroatoms. The van der Waals surface area contributed by atoms with Crippen molar-refractivity contribution in [3.63, 3.8) is 0 Å². The lowest BCUT2D eigenvalue weighted by Crippen LogP contribution is -2.48. The molecule has 0 aromatic heterocycles. The van der Waals surface area contributed by atoms with Gasteiger partial charge in [0.15, 0.2) is 0 Å². The van der Waals surface area contributed by atoms with Crippen LogP contribution in [0.5, 0.6) is 0 Å². The largest absolute Gasteiger partial charge is 0.389 e.